The lowest BCUT2D eigenvalue weighted by molar-refractivity contribution is 0.345. The molecule has 3 nitrogen and oxygen atoms in total. The van der Waals surface area contributed by atoms with Gasteiger partial charge in [-0.2, -0.15) is 0 Å². The predicted octanol–water partition coefficient (Wildman–Crippen LogP) is 2.35. The van der Waals surface area contributed by atoms with Gasteiger partial charge in [-0.3, -0.25) is 0 Å². The first-order valence-corrected chi connectivity index (χ1v) is 6.87. The van der Waals surface area contributed by atoms with E-state index in [4.69, 9.17) is 4.74 Å². The Morgan fingerprint density at radius 1 is 1.28 bits per heavy atom. The molecule has 1 atom stereocenters. The molecule has 0 saturated carbocycles. The van der Waals surface area contributed by atoms with Crippen molar-refractivity contribution in [1.29, 1.82) is 0 Å². The zero-order chi connectivity index (χ0) is 12.8. The highest BCUT2D eigenvalue weighted by Crippen LogP contribution is 2.18. The topological polar surface area (TPSA) is 33.3 Å². The van der Waals surface area contributed by atoms with E-state index >= 15 is 0 Å². The molecule has 0 spiro atoms. The van der Waals surface area contributed by atoms with E-state index in [1.165, 1.54) is 31.5 Å². The summed E-state index contributed by atoms with van der Waals surface area (Å²) in [6.07, 6.45) is 2.59. The van der Waals surface area contributed by atoms with Crippen molar-refractivity contribution in [3.8, 4) is 5.75 Å². The first-order valence-electron chi connectivity index (χ1n) is 6.87. The second kappa shape index (κ2) is 6.76. The number of hydrogen-bond donors (Lipinski definition) is 2. The molecular weight excluding hydrogens is 224 g/mol. The fraction of sp³-hybridized carbons (Fsp3) is 0.600. The van der Waals surface area contributed by atoms with Gasteiger partial charge in [0.2, 0.25) is 0 Å². The van der Waals surface area contributed by atoms with E-state index in [1.54, 1.807) is 7.11 Å². The molecule has 1 saturated heterocycles. The van der Waals surface area contributed by atoms with Gasteiger partial charge in [-0.15, -0.1) is 0 Å². The van der Waals surface area contributed by atoms with E-state index in [9.17, 15) is 0 Å². The number of nitrogens with one attached hydrogen (secondary N) is 2. The van der Waals surface area contributed by atoms with Gasteiger partial charge in [-0.1, -0.05) is 12.1 Å². The molecular formula is C15H24N2O. The van der Waals surface area contributed by atoms with Gasteiger partial charge in [0.25, 0.3) is 0 Å². The molecule has 18 heavy (non-hydrogen) atoms. The number of benzene rings is 1. The molecule has 0 amide bonds. The maximum absolute atomic E-state index is 5.18. The second-order valence-corrected chi connectivity index (χ2v) is 5.10. The van der Waals surface area contributed by atoms with Crippen LogP contribution < -0.4 is 15.4 Å². The van der Waals surface area contributed by atoms with Crippen LogP contribution in [0.2, 0.25) is 0 Å². The van der Waals surface area contributed by atoms with Crippen molar-refractivity contribution in [2.75, 3.05) is 26.7 Å². The van der Waals surface area contributed by atoms with Gasteiger partial charge in [-0.25, -0.2) is 0 Å². The van der Waals surface area contributed by atoms with Gasteiger partial charge in [0, 0.05) is 6.04 Å². The van der Waals surface area contributed by atoms with Gasteiger partial charge in [-0.05, 0) is 63.0 Å². The maximum atomic E-state index is 5.18. The molecule has 1 aromatic rings. The third-order valence-electron chi connectivity index (χ3n) is 3.79. The zero-order valence-corrected chi connectivity index (χ0v) is 11.4. The van der Waals surface area contributed by atoms with Gasteiger partial charge in [0.05, 0.1) is 7.11 Å². The molecule has 1 aliphatic rings. The van der Waals surface area contributed by atoms with Gasteiger partial charge < -0.3 is 15.4 Å². The molecule has 1 aromatic carbocycles. The molecule has 3 heteroatoms. The Balaban J connectivity index is 1.80. The van der Waals surface area contributed by atoms with Crippen LogP contribution in [0.5, 0.6) is 5.75 Å². The fourth-order valence-corrected chi connectivity index (χ4v) is 2.44. The third-order valence-corrected chi connectivity index (χ3v) is 3.79. The SMILES string of the molecule is COc1ccc([C@H](C)NCC2CCNCC2)cc1. The number of rotatable bonds is 5. The lowest BCUT2D eigenvalue weighted by atomic mass is 9.97. The largest absolute Gasteiger partial charge is 0.497 e. The van der Waals surface area contributed by atoms with Gasteiger partial charge >= 0.3 is 0 Å². The molecule has 0 aromatic heterocycles. The number of piperidine rings is 1. The van der Waals surface area contributed by atoms with Crippen LogP contribution in [0, 0.1) is 5.92 Å². The summed E-state index contributed by atoms with van der Waals surface area (Å²) in [5.74, 6) is 1.75. The van der Waals surface area contributed by atoms with Crippen LogP contribution in [0.1, 0.15) is 31.4 Å². The monoisotopic (exact) mass is 248 g/mol. The molecule has 1 aliphatic heterocycles. The Morgan fingerprint density at radius 3 is 2.56 bits per heavy atom. The predicted molar refractivity (Wildman–Crippen MR) is 75.0 cm³/mol. The van der Waals surface area contributed by atoms with E-state index in [1.807, 2.05) is 12.1 Å². The van der Waals surface area contributed by atoms with Crippen molar-refractivity contribution in [3.05, 3.63) is 29.8 Å². The summed E-state index contributed by atoms with van der Waals surface area (Å²) in [6, 6.07) is 8.74. The second-order valence-electron chi connectivity index (χ2n) is 5.10. The number of ether oxygens (including phenoxy) is 1. The minimum atomic E-state index is 0.408. The Bertz CT molecular complexity index is 344. The van der Waals surface area contributed by atoms with E-state index in [2.05, 4.69) is 29.7 Å². The quantitative estimate of drug-likeness (QED) is 0.839. The molecule has 0 aliphatic carbocycles. The Morgan fingerprint density at radius 2 is 1.94 bits per heavy atom. The lowest BCUT2D eigenvalue weighted by Gasteiger charge is -2.25. The van der Waals surface area contributed by atoms with Crippen LogP contribution in [0.3, 0.4) is 0 Å². The maximum Gasteiger partial charge on any atom is 0.118 e. The summed E-state index contributed by atoms with van der Waals surface area (Å²) in [4.78, 5) is 0. The average molecular weight is 248 g/mol. The van der Waals surface area contributed by atoms with Crippen molar-refractivity contribution in [2.45, 2.75) is 25.8 Å². The third kappa shape index (κ3) is 3.72. The number of hydrogen-bond acceptors (Lipinski definition) is 3. The first kappa shape index (κ1) is 13.4. The molecule has 2 N–H and O–H groups in total. The summed E-state index contributed by atoms with van der Waals surface area (Å²) >= 11 is 0. The highest BCUT2D eigenvalue weighted by atomic mass is 16.5. The number of methoxy groups -OCH3 is 1. The normalized spacial score (nSPS) is 18.6. The summed E-state index contributed by atoms with van der Waals surface area (Å²) in [5, 5.41) is 7.04. The minimum absolute atomic E-state index is 0.408. The van der Waals surface area contributed by atoms with E-state index < -0.39 is 0 Å². The molecule has 100 valence electrons. The standard InChI is InChI=1S/C15H24N2O/c1-12(14-3-5-15(18-2)6-4-14)17-11-13-7-9-16-10-8-13/h3-6,12-13,16-17H,7-11H2,1-2H3/t12-/m0/s1. The van der Waals surface area contributed by atoms with E-state index in [0.29, 0.717) is 6.04 Å². The highest BCUT2D eigenvalue weighted by Gasteiger charge is 2.14. The summed E-state index contributed by atoms with van der Waals surface area (Å²) < 4.78 is 5.18. The highest BCUT2D eigenvalue weighted by molar-refractivity contribution is 5.28. The molecule has 0 unspecified atom stereocenters. The zero-order valence-electron chi connectivity index (χ0n) is 11.4. The van der Waals surface area contributed by atoms with E-state index in [0.717, 1.165) is 18.2 Å². The van der Waals surface area contributed by atoms with Crippen molar-refractivity contribution < 1.29 is 4.74 Å². The molecule has 0 radical (unpaired) electrons. The van der Waals surface area contributed by atoms with Crippen LogP contribution in [-0.4, -0.2) is 26.7 Å². The Kier molecular flexibility index (Phi) is 5.02. The van der Waals surface area contributed by atoms with Crippen LogP contribution in [0.4, 0.5) is 0 Å². The Hall–Kier alpha value is -1.06. The average Bonchev–Trinajstić information content (AvgIpc) is 2.46. The summed E-state index contributed by atoms with van der Waals surface area (Å²) in [6.45, 7) is 5.68. The summed E-state index contributed by atoms with van der Waals surface area (Å²) in [7, 11) is 1.70. The van der Waals surface area contributed by atoms with Crippen LogP contribution >= 0.6 is 0 Å². The fourth-order valence-electron chi connectivity index (χ4n) is 2.44. The van der Waals surface area contributed by atoms with Gasteiger partial charge in [0.15, 0.2) is 0 Å². The smallest absolute Gasteiger partial charge is 0.118 e. The van der Waals surface area contributed by atoms with Crippen molar-refractivity contribution in [2.24, 2.45) is 5.92 Å². The van der Waals surface area contributed by atoms with Crippen LogP contribution in [-0.2, 0) is 0 Å². The first-order chi connectivity index (χ1) is 8.79. The molecule has 2 rings (SSSR count). The molecule has 0 bridgehead atoms. The van der Waals surface area contributed by atoms with Crippen molar-refractivity contribution in [1.82, 2.24) is 10.6 Å². The minimum Gasteiger partial charge on any atom is -0.497 e. The summed E-state index contributed by atoms with van der Waals surface area (Å²) in [5.41, 5.74) is 1.32. The van der Waals surface area contributed by atoms with Gasteiger partial charge in [0.1, 0.15) is 5.75 Å². The van der Waals surface area contributed by atoms with Crippen LogP contribution in [0.25, 0.3) is 0 Å². The molecule has 1 fully saturated rings. The van der Waals surface area contributed by atoms with Crippen molar-refractivity contribution in [3.63, 3.8) is 0 Å². The lowest BCUT2D eigenvalue weighted by Crippen LogP contribution is -2.34. The van der Waals surface area contributed by atoms with Crippen molar-refractivity contribution >= 4 is 0 Å². The Labute approximate surface area is 110 Å². The van der Waals surface area contributed by atoms with E-state index in [-0.39, 0.29) is 0 Å². The van der Waals surface area contributed by atoms with Crippen LogP contribution in [0.15, 0.2) is 24.3 Å². The molecule has 1 heterocycles.